The molecule has 0 saturated heterocycles. The number of carboxylic acid groups (broad SMARTS) is 1. The van der Waals surface area contributed by atoms with Crippen molar-refractivity contribution in [2.75, 3.05) is 13.2 Å². The highest BCUT2D eigenvalue weighted by Gasteiger charge is 2.57. The van der Waals surface area contributed by atoms with E-state index in [2.05, 4.69) is 0 Å². The SMILES string of the molecule is CC(=O)c1ccc2c(c1)C(=O)N([C@@H](CC(=O)O)c1ccc(Cl)cc1)[C@@]2(OCC1(CO)CC1)c1ccc(Cl)cc1. The van der Waals surface area contributed by atoms with E-state index >= 15 is 0 Å². The number of hydrogen-bond donors (Lipinski definition) is 2. The zero-order valence-electron chi connectivity index (χ0n) is 21.2. The van der Waals surface area contributed by atoms with E-state index in [4.69, 9.17) is 27.9 Å². The molecule has 7 nitrogen and oxygen atoms in total. The van der Waals surface area contributed by atoms with Crippen LogP contribution in [0.1, 0.15) is 69.6 Å². The van der Waals surface area contributed by atoms with Gasteiger partial charge in [-0.3, -0.25) is 19.3 Å². The largest absolute Gasteiger partial charge is 0.481 e. The summed E-state index contributed by atoms with van der Waals surface area (Å²) in [5.74, 6) is -1.79. The number of benzene rings is 3. The Kier molecular flexibility index (Phi) is 7.29. The van der Waals surface area contributed by atoms with Crippen molar-refractivity contribution < 1.29 is 29.3 Å². The van der Waals surface area contributed by atoms with E-state index in [0.29, 0.717) is 32.3 Å². The lowest BCUT2D eigenvalue weighted by Gasteiger charge is -2.44. The van der Waals surface area contributed by atoms with Gasteiger partial charge in [0.1, 0.15) is 0 Å². The van der Waals surface area contributed by atoms with E-state index in [1.165, 1.54) is 17.9 Å². The number of Topliss-reactive ketones (excluding diaryl/α,β-unsaturated/α-hetero) is 1. The Morgan fingerprint density at radius 3 is 2.15 bits per heavy atom. The molecule has 9 heteroatoms. The number of carbonyl (C=O) groups is 3. The van der Waals surface area contributed by atoms with Crippen LogP contribution >= 0.6 is 23.2 Å². The lowest BCUT2D eigenvalue weighted by molar-refractivity contribution is -0.150. The van der Waals surface area contributed by atoms with Crippen molar-refractivity contribution in [3.8, 4) is 0 Å². The number of rotatable bonds is 10. The number of aliphatic carboxylic acids is 1. The van der Waals surface area contributed by atoms with Gasteiger partial charge < -0.3 is 14.9 Å². The fourth-order valence-electron chi connectivity index (χ4n) is 5.19. The lowest BCUT2D eigenvalue weighted by Crippen LogP contribution is -2.50. The fraction of sp³-hybridized carbons (Fsp3) is 0.300. The summed E-state index contributed by atoms with van der Waals surface area (Å²) < 4.78 is 6.75. The van der Waals surface area contributed by atoms with Crippen LogP contribution in [0.2, 0.25) is 10.0 Å². The second-order valence-electron chi connectivity index (χ2n) is 10.3. The Hall–Kier alpha value is -3.23. The summed E-state index contributed by atoms with van der Waals surface area (Å²) in [7, 11) is 0. The van der Waals surface area contributed by atoms with Crippen LogP contribution < -0.4 is 0 Å². The highest BCUT2D eigenvalue weighted by atomic mass is 35.5. The molecule has 202 valence electrons. The highest BCUT2D eigenvalue weighted by Crippen LogP contribution is 2.53. The first-order chi connectivity index (χ1) is 18.6. The molecule has 2 atom stereocenters. The van der Waals surface area contributed by atoms with E-state index in [1.807, 2.05) is 0 Å². The molecule has 5 rings (SSSR count). The Morgan fingerprint density at radius 2 is 1.62 bits per heavy atom. The molecule has 2 N–H and O–H groups in total. The number of halogens is 2. The third-order valence-electron chi connectivity index (χ3n) is 7.63. The van der Waals surface area contributed by atoms with Crippen molar-refractivity contribution in [1.29, 1.82) is 0 Å². The lowest BCUT2D eigenvalue weighted by atomic mass is 9.90. The first-order valence-electron chi connectivity index (χ1n) is 12.6. The summed E-state index contributed by atoms with van der Waals surface area (Å²) in [5, 5.41) is 21.0. The number of aliphatic hydroxyl groups excluding tert-OH is 1. The predicted molar refractivity (Wildman–Crippen MR) is 146 cm³/mol. The molecule has 0 aromatic heterocycles. The van der Waals surface area contributed by atoms with E-state index in [9.17, 15) is 24.6 Å². The van der Waals surface area contributed by atoms with Crippen molar-refractivity contribution in [3.05, 3.63) is 105 Å². The second kappa shape index (κ2) is 10.4. The maximum absolute atomic E-state index is 14.3. The van der Waals surface area contributed by atoms with Crippen LogP contribution in [0.15, 0.2) is 66.7 Å². The minimum Gasteiger partial charge on any atom is -0.481 e. The number of hydrogen-bond acceptors (Lipinski definition) is 5. The molecule has 3 aromatic rings. The number of carbonyl (C=O) groups excluding carboxylic acids is 2. The van der Waals surface area contributed by atoms with Crippen LogP contribution in [-0.2, 0) is 15.3 Å². The third-order valence-corrected chi connectivity index (χ3v) is 8.13. The number of nitrogens with zero attached hydrogens (tertiary/aromatic N) is 1. The van der Waals surface area contributed by atoms with E-state index in [0.717, 1.165) is 12.8 Å². The summed E-state index contributed by atoms with van der Waals surface area (Å²) in [4.78, 5) is 40.2. The minimum atomic E-state index is -1.56. The Morgan fingerprint density at radius 1 is 1.00 bits per heavy atom. The van der Waals surface area contributed by atoms with Crippen LogP contribution in [0.25, 0.3) is 0 Å². The molecule has 1 heterocycles. The summed E-state index contributed by atoms with van der Waals surface area (Å²) >= 11 is 12.4. The van der Waals surface area contributed by atoms with Gasteiger partial charge in [0.15, 0.2) is 11.5 Å². The van der Waals surface area contributed by atoms with Gasteiger partial charge in [0, 0.05) is 37.7 Å². The van der Waals surface area contributed by atoms with E-state index < -0.39 is 35.5 Å². The molecule has 1 saturated carbocycles. The molecule has 0 bridgehead atoms. The first-order valence-corrected chi connectivity index (χ1v) is 13.3. The topological polar surface area (TPSA) is 104 Å². The summed E-state index contributed by atoms with van der Waals surface area (Å²) in [6, 6.07) is 17.4. The van der Waals surface area contributed by atoms with E-state index in [1.54, 1.807) is 60.7 Å². The van der Waals surface area contributed by atoms with Gasteiger partial charge in [0.2, 0.25) is 0 Å². The standard InChI is InChI=1S/C30H27Cl2NO6/c1-18(35)20-4-11-25-24(14-20)28(38)33(26(15-27(36)37)19-2-7-22(31)8-3-19)30(25,21-5-9-23(32)10-6-21)39-17-29(16-34)12-13-29/h2-11,14,26,34H,12-13,15-17H2,1H3,(H,36,37)/t26-,30+/m0/s1. The van der Waals surface area contributed by atoms with E-state index in [-0.39, 0.29) is 24.6 Å². The number of aliphatic hydroxyl groups is 1. The molecule has 1 aliphatic heterocycles. The first kappa shape index (κ1) is 27.3. The number of ether oxygens (including phenoxy) is 1. The molecule has 0 radical (unpaired) electrons. The molecule has 1 aliphatic carbocycles. The molecule has 0 spiro atoms. The van der Waals surface area contributed by atoms with Crippen molar-refractivity contribution in [3.63, 3.8) is 0 Å². The predicted octanol–water partition coefficient (Wildman–Crippen LogP) is 5.86. The van der Waals surface area contributed by atoms with Crippen molar-refractivity contribution in [2.24, 2.45) is 5.41 Å². The van der Waals surface area contributed by atoms with Gasteiger partial charge in [0.05, 0.1) is 25.7 Å². The Labute approximate surface area is 235 Å². The molecule has 3 aromatic carbocycles. The maximum atomic E-state index is 14.3. The average molecular weight is 568 g/mol. The zero-order chi connectivity index (χ0) is 27.9. The molecule has 39 heavy (non-hydrogen) atoms. The van der Waals surface area contributed by atoms with Gasteiger partial charge in [-0.25, -0.2) is 0 Å². The van der Waals surface area contributed by atoms with Gasteiger partial charge in [-0.2, -0.15) is 0 Å². The van der Waals surface area contributed by atoms with Crippen molar-refractivity contribution in [1.82, 2.24) is 4.90 Å². The molecular weight excluding hydrogens is 541 g/mol. The Balaban J connectivity index is 1.78. The van der Waals surface area contributed by atoms with Crippen LogP contribution in [0.5, 0.6) is 0 Å². The van der Waals surface area contributed by atoms with Crippen LogP contribution in [0, 0.1) is 5.41 Å². The minimum absolute atomic E-state index is 0.0798. The van der Waals surface area contributed by atoms with Crippen LogP contribution in [0.3, 0.4) is 0 Å². The molecule has 1 fully saturated rings. The summed E-state index contributed by atoms with van der Waals surface area (Å²) in [6.07, 6.45) is 1.12. The van der Waals surface area contributed by atoms with Gasteiger partial charge in [0.25, 0.3) is 5.91 Å². The molecule has 0 unspecified atom stereocenters. The smallest absolute Gasteiger partial charge is 0.305 e. The maximum Gasteiger partial charge on any atom is 0.305 e. The molecule has 2 aliphatic rings. The molecular formula is C30H27Cl2NO6. The van der Waals surface area contributed by atoms with Crippen LogP contribution in [-0.4, -0.2) is 46.0 Å². The van der Waals surface area contributed by atoms with Gasteiger partial charge in [-0.05, 0) is 55.7 Å². The second-order valence-corrected chi connectivity index (χ2v) is 11.1. The van der Waals surface area contributed by atoms with Crippen LogP contribution in [0.4, 0.5) is 0 Å². The highest BCUT2D eigenvalue weighted by molar-refractivity contribution is 6.30. The molecule has 1 amide bonds. The summed E-state index contributed by atoms with van der Waals surface area (Å²) in [5.41, 5.74) is 0.195. The monoisotopic (exact) mass is 567 g/mol. The normalized spacial score (nSPS) is 20.0. The fourth-order valence-corrected chi connectivity index (χ4v) is 5.44. The van der Waals surface area contributed by atoms with Crippen molar-refractivity contribution >= 4 is 40.9 Å². The number of carboxylic acids is 1. The quantitative estimate of drug-likeness (QED) is 0.297. The Bertz CT molecular complexity index is 1430. The number of ketones is 1. The zero-order valence-corrected chi connectivity index (χ0v) is 22.7. The summed E-state index contributed by atoms with van der Waals surface area (Å²) in [6.45, 7) is 1.47. The number of amides is 1. The van der Waals surface area contributed by atoms with Gasteiger partial charge in [-0.15, -0.1) is 0 Å². The third kappa shape index (κ3) is 4.96. The van der Waals surface area contributed by atoms with Gasteiger partial charge in [-0.1, -0.05) is 59.6 Å². The number of fused-ring (bicyclic) bond motifs is 1. The van der Waals surface area contributed by atoms with Gasteiger partial charge >= 0.3 is 5.97 Å². The van der Waals surface area contributed by atoms with Crippen molar-refractivity contribution in [2.45, 2.75) is 38.0 Å². The average Bonchev–Trinajstić information content (AvgIpc) is 3.66.